The van der Waals surface area contributed by atoms with Crippen molar-refractivity contribution in [3.63, 3.8) is 0 Å². The Labute approximate surface area is 259 Å². The zero-order valence-electron chi connectivity index (χ0n) is 25.4. The number of para-hydroxylation sites is 1. The number of carbonyl (C=O) groups excluding carboxylic acids is 1. The van der Waals surface area contributed by atoms with Gasteiger partial charge in [-0.2, -0.15) is 9.78 Å². The molecule has 0 fully saturated rings. The molecule has 0 saturated carbocycles. The third-order valence-electron chi connectivity index (χ3n) is 6.56. The second-order valence-corrected chi connectivity index (χ2v) is 11.4. The van der Waals surface area contributed by atoms with Crippen LogP contribution >= 0.6 is 15.9 Å². The molecule has 1 aromatic heterocycles. The molecule has 226 valence electrons. The standard InChI is InChI=1S/C33H36BrN3O6/c1-8-41-28-13-21(6)26(16-25(28)19(2)3)32-36-27-12-10-9-11-24(27)33(39)37(32)35-17-22-14-23(34)15-29(40-7)31(22)42-18-30(38)43-20(4)5/h9-17,19-20H,8,18H2,1-7H3. The summed E-state index contributed by atoms with van der Waals surface area (Å²) in [5.41, 5.74) is 3.34. The van der Waals surface area contributed by atoms with Crippen molar-refractivity contribution in [1.82, 2.24) is 9.66 Å². The second-order valence-electron chi connectivity index (χ2n) is 10.5. The van der Waals surface area contributed by atoms with E-state index in [1.54, 1.807) is 38.1 Å². The highest BCUT2D eigenvalue weighted by molar-refractivity contribution is 9.10. The van der Waals surface area contributed by atoms with E-state index < -0.39 is 5.97 Å². The predicted octanol–water partition coefficient (Wildman–Crippen LogP) is 6.88. The summed E-state index contributed by atoms with van der Waals surface area (Å²) in [6.45, 7) is 11.8. The van der Waals surface area contributed by atoms with Crippen molar-refractivity contribution >= 4 is 39.0 Å². The number of esters is 1. The lowest BCUT2D eigenvalue weighted by atomic mass is 9.96. The molecule has 0 amide bonds. The topological polar surface area (TPSA) is 101 Å². The fourth-order valence-corrected chi connectivity index (χ4v) is 5.07. The number of hydrogen-bond acceptors (Lipinski definition) is 8. The molecule has 4 aromatic rings. The molecule has 0 radical (unpaired) electrons. The van der Waals surface area contributed by atoms with Gasteiger partial charge >= 0.3 is 5.97 Å². The number of halogens is 1. The molecule has 0 atom stereocenters. The van der Waals surface area contributed by atoms with E-state index in [1.165, 1.54) is 18.0 Å². The van der Waals surface area contributed by atoms with Gasteiger partial charge in [0.25, 0.3) is 5.56 Å². The van der Waals surface area contributed by atoms with Gasteiger partial charge in [0.2, 0.25) is 0 Å². The van der Waals surface area contributed by atoms with Gasteiger partial charge in [-0.25, -0.2) is 9.78 Å². The molecule has 0 bridgehead atoms. The van der Waals surface area contributed by atoms with E-state index in [-0.39, 0.29) is 29.9 Å². The van der Waals surface area contributed by atoms with Gasteiger partial charge in [-0.1, -0.05) is 41.9 Å². The molecule has 0 aliphatic rings. The highest BCUT2D eigenvalue weighted by Gasteiger charge is 2.20. The van der Waals surface area contributed by atoms with Gasteiger partial charge in [0.05, 0.1) is 36.9 Å². The minimum absolute atomic E-state index is 0.168. The maximum atomic E-state index is 13.9. The van der Waals surface area contributed by atoms with E-state index >= 15 is 0 Å². The Kier molecular flexibility index (Phi) is 10.2. The van der Waals surface area contributed by atoms with Gasteiger partial charge in [-0.15, -0.1) is 0 Å². The Morgan fingerprint density at radius 2 is 1.81 bits per heavy atom. The molecular formula is C33H36BrN3O6. The Bertz CT molecular complexity index is 1730. The number of carbonyl (C=O) groups is 1. The van der Waals surface area contributed by atoms with Crippen LogP contribution in [0.4, 0.5) is 0 Å². The van der Waals surface area contributed by atoms with Crippen molar-refractivity contribution in [2.24, 2.45) is 5.10 Å². The molecule has 10 heteroatoms. The lowest BCUT2D eigenvalue weighted by Gasteiger charge is -2.18. The van der Waals surface area contributed by atoms with Crippen LogP contribution in [0.2, 0.25) is 0 Å². The van der Waals surface area contributed by atoms with Gasteiger partial charge in [-0.3, -0.25) is 4.79 Å². The minimum atomic E-state index is -0.521. The van der Waals surface area contributed by atoms with Crippen molar-refractivity contribution in [1.29, 1.82) is 0 Å². The van der Waals surface area contributed by atoms with E-state index in [0.29, 0.717) is 39.1 Å². The van der Waals surface area contributed by atoms with Gasteiger partial charge in [0.15, 0.2) is 23.9 Å². The van der Waals surface area contributed by atoms with Gasteiger partial charge in [-0.05, 0) is 81.1 Å². The number of rotatable bonds is 11. The molecule has 0 unspecified atom stereocenters. The van der Waals surface area contributed by atoms with Crippen molar-refractivity contribution in [2.45, 2.75) is 53.6 Å². The van der Waals surface area contributed by atoms with E-state index in [9.17, 15) is 9.59 Å². The van der Waals surface area contributed by atoms with Crippen molar-refractivity contribution in [3.05, 3.63) is 80.0 Å². The summed E-state index contributed by atoms with van der Waals surface area (Å²) in [7, 11) is 1.50. The van der Waals surface area contributed by atoms with Crippen molar-refractivity contribution in [3.8, 4) is 28.6 Å². The molecule has 0 aliphatic heterocycles. The molecular weight excluding hydrogens is 614 g/mol. The number of benzene rings is 3. The zero-order chi connectivity index (χ0) is 31.3. The van der Waals surface area contributed by atoms with Crippen LogP contribution in [0, 0.1) is 6.92 Å². The summed E-state index contributed by atoms with van der Waals surface area (Å²) in [5.74, 6) is 1.48. The molecule has 3 aromatic carbocycles. The third-order valence-corrected chi connectivity index (χ3v) is 7.01. The highest BCUT2D eigenvalue weighted by Crippen LogP contribution is 2.36. The maximum Gasteiger partial charge on any atom is 0.344 e. The Hall–Kier alpha value is -4.18. The summed E-state index contributed by atoms with van der Waals surface area (Å²) in [6.07, 6.45) is 1.21. The molecule has 1 heterocycles. The normalized spacial score (nSPS) is 11.5. The number of methoxy groups -OCH3 is 1. The lowest BCUT2D eigenvalue weighted by Crippen LogP contribution is -2.21. The second kappa shape index (κ2) is 13.9. The van der Waals surface area contributed by atoms with Crippen LogP contribution in [0.3, 0.4) is 0 Å². The van der Waals surface area contributed by atoms with Crippen molar-refractivity contribution in [2.75, 3.05) is 20.3 Å². The average molecular weight is 651 g/mol. The van der Waals surface area contributed by atoms with Crippen LogP contribution in [0.1, 0.15) is 57.2 Å². The van der Waals surface area contributed by atoms with E-state index in [0.717, 1.165) is 22.4 Å². The third kappa shape index (κ3) is 7.25. The quantitative estimate of drug-likeness (QED) is 0.129. The number of aromatic nitrogens is 2. The molecule has 9 nitrogen and oxygen atoms in total. The Balaban J connectivity index is 1.91. The predicted molar refractivity (Wildman–Crippen MR) is 172 cm³/mol. The summed E-state index contributed by atoms with van der Waals surface area (Å²) >= 11 is 3.49. The number of nitrogens with zero attached hydrogens (tertiary/aromatic N) is 3. The van der Waals surface area contributed by atoms with Crippen LogP contribution in [0.15, 0.2) is 62.9 Å². The summed E-state index contributed by atoms with van der Waals surface area (Å²) in [5, 5.41) is 5.07. The highest BCUT2D eigenvalue weighted by atomic mass is 79.9. The van der Waals surface area contributed by atoms with Crippen LogP contribution in [0.25, 0.3) is 22.3 Å². The largest absolute Gasteiger partial charge is 0.494 e. The number of aryl methyl sites for hydroxylation is 1. The van der Waals surface area contributed by atoms with E-state index in [2.05, 4.69) is 34.9 Å². The molecule has 0 N–H and O–H groups in total. The Morgan fingerprint density at radius 3 is 2.49 bits per heavy atom. The lowest BCUT2D eigenvalue weighted by molar-refractivity contribution is -0.149. The summed E-state index contributed by atoms with van der Waals surface area (Å²) < 4.78 is 24.5. The van der Waals surface area contributed by atoms with Gasteiger partial charge in [0.1, 0.15) is 5.75 Å². The van der Waals surface area contributed by atoms with Crippen LogP contribution in [-0.4, -0.2) is 48.3 Å². The van der Waals surface area contributed by atoms with Crippen LogP contribution in [0.5, 0.6) is 17.2 Å². The molecule has 0 saturated heterocycles. The zero-order valence-corrected chi connectivity index (χ0v) is 27.0. The summed E-state index contributed by atoms with van der Waals surface area (Å²) in [6, 6.07) is 14.6. The fourth-order valence-electron chi connectivity index (χ4n) is 4.61. The minimum Gasteiger partial charge on any atom is -0.494 e. The molecule has 0 spiro atoms. The first-order valence-electron chi connectivity index (χ1n) is 14.1. The SMILES string of the molecule is CCOc1cc(C)c(-c2nc3ccccc3c(=O)n2N=Cc2cc(Br)cc(OC)c2OCC(=O)OC(C)C)cc1C(C)C. The molecule has 0 aliphatic carbocycles. The van der Waals surface area contributed by atoms with Crippen molar-refractivity contribution < 1.29 is 23.7 Å². The molecule has 43 heavy (non-hydrogen) atoms. The first-order valence-corrected chi connectivity index (χ1v) is 14.9. The number of fused-ring (bicyclic) bond motifs is 1. The monoisotopic (exact) mass is 649 g/mol. The van der Waals surface area contributed by atoms with Crippen LogP contribution in [-0.2, 0) is 9.53 Å². The first kappa shape index (κ1) is 31.7. The van der Waals surface area contributed by atoms with E-state index in [4.69, 9.17) is 23.9 Å². The fraction of sp³-hybridized carbons (Fsp3) is 0.333. The number of ether oxygens (including phenoxy) is 4. The van der Waals surface area contributed by atoms with Gasteiger partial charge < -0.3 is 18.9 Å². The number of hydrogen-bond donors (Lipinski definition) is 0. The van der Waals surface area contributed by atoms with Crippen LogP contribution < -0.4 is 19.8 Å². The average Bonchev–Trinajstić information content (AvgIpc) is 2.95. The van der Waals surface area contributed by atoms with E-state index in [1.807, 2.05) is 38.1 Å². The first-order chi connectivity index (χ1) is 20.5. The Morgan fingerprint density at radius 1 is 1.07 bits per heavy atom. The van der Waals surface area contributed by atoms with Gasteiger partial charge in [0, 0.05) is 15.6 Å². The maximum absolute atomic E-state index is 13.9. The smallest absolute Gasteiger partial charge is 0.344 e. The molecule has 4 rings (SSSR count). The summed E-state index contributed by atoms with van der Waals surface area (Å²) in [4.78, 5) is 31.0.